The number of rotatable bonds is 4. The molecule has 1 aromatic heterocycles. The largest absolute Gasteiger partial charge is 0.368 e. The molecule has 0 bridgehead atoms. The number of nitrogen functional groups attached to an aromatic ring is 1. The predicted octanol–water partition coefficient (Wildman–Crippen LogP) is 0.162. The Labute approximate surface area is 154 Å². The second-order valence-corrected chi connectivity index (χ2v) is 7.95. The fraction of sp³-hybridized carbons (Fsp3) is 0.722. The first-order chi connectivity index (χ1) is 12.5. The minimum Gasteiger partial charge on any atom is -0.368 e. The monoisotopic (exact) mass is 359 g/mol. The lowest BCUT2D eigenvalue weighted by molar-refractivity contribution is -0.119. The van der Waals surface area contributed by atoms with Crippen molar-refractivity contribution < 1.29 is 4.79 Å². The summed E-state index contributed by atoms with van der Waals surface area (Å²) < 4.78 is 0. The lowest BCUT2D eigenvalue weighted by Gasteiger charge is -2.33. The molecule has 0 radical (unpaired) electrons. The molecule has 3 fully saturated rings. The van der Waals surface area contributed by atoms with Crippen molar-refractivity contribution >= 4 is 23.5 Å². The Morgan fingerprint density at radius 3 is 2.38 bits per heavy atom. The van der Waals surface area contributed by atoms with Crippen molar-refractivity contribution in [2.45, 2.75) is 25.8 Å². The number of hydrogen-bond donors (Lipinski definition) is 2. The summed E-state index contributed by atoms with van der Waals surface area (Å²) in [4.78, 5) is 27.4. The first kappa shape index (κ1) is 17.3. The van der Waals surface area contributed by atoms with Crippen LogP contribution in [0, 0.1) is 11.8 Å². The average Bonchev–Trinajstić information content (AvgIpc) is 3.35. The molecule has 2 aliphatic heterocycles. The van der Waals surface area contributed by atoms with Gasteiger partial charge in [0.25, 0.3) is 0 Å². The summed E-state index contributed by atoms with van der Waals surface area (Å²) in [6.07, 6.45) is 2.54. The number of likely N-dealkylation sites (N-methyl/N-ethyl adjacent to an activating group) is 1. The van der Waals surface area contributed by atoms with Crippen LogP contribution < -0.4 is 20.9 Å². The van der Waals surface area contributed by atoms with Crippen molar-refractivity contribution in [2.75, 3.05) is 61.8 Å². The van der Waals surface area contributed by atoms with E-state index in [9.17, 15) is 4.79 Å². The van der Waals surface area contributed by atoms with Crippen LogP contribution in [0.15, 0.2) is 6.07 Å². The van der Waals surface area contributed by atoms with Gasteiger partial charge in [-0.25, -0.2) is 0 Å². The van der Waals surface area contributed by atoms with Gasteiger partial charge in [0.15, 0.2) is 0 Å². The Morgan fingerprint density at radius 1 is 1.12 bits per heavy atom. The molecule has 1 saturated carbocycles. The van der Waals surface area contributed by atoms with Crippen LogP contribution in [0.5, 0.6) is 0 Å². The molecule has 2 atom stereocenters. The van der Waals surface area contributed by atoms with Crippen molar-refractivity contribution in [1.29, 1.82) is 0 Å². The summed E-state index contributed by atoms with van der Waals surface area (Å²) in [5.74, 6) is 3.39. The zero-order valence-corrected chi connectivity index (χ0v) is 15.7. The van der Waals surface area contributed by atoms with Gasteiger partial charge in [-0.2, -0.15) is 9.97 Å². The molecule has 0 spiro atoms. The van der Waals surface area contributed by atoms with Gasteiger partial charge < -0.3 is 25.8 Å². The van der Waals surface area contributed by atoms with Crippen LogP contribution in [-0.4, -0.2) is 73.1 Å². The van der Waals surface area contributed by atoms with E-state index in [4.69, 9.17) is 5.73 Å². The molecular weight excluding hydrogens is 330 g/mol. The Kier molecular flexibility index (Phi) is 4.60. The van der Waals surface area contributed by atoms with Gasteiger partial charge in [0.2, 0.25) is 11.9 Å². The predicted molar refractivity (Wildman–Crippen MR) is 102 cm³/mol. The second kappa shape index (κ2) is 6.90. The van der Waals surface area contributed by atoms with Gasteiger partial charge in [0, 0.05) is 58.2 Å². The SMILES string of the molecule is CC(=O)N[C@@H]1CN(c2cc(N3CCN(C)CC3)nc(N)n2)C[C@H]1C1CC1. The molecule has 1 amide bonds. The van der Waals surface area contributed by atoms with Crippen LogP contribution >= 0.6 is 0 Å². The van der Waals surface area contributed by atoms with Crippen molar-refractivity contribution in [2.24, 2.45) is 11.8 Å². The minimum atomic E-state index is 0.0443. The normalized spacial score (nSPS) is 27.0. The standard InChI is InChI=1S/C18H29N7O/c1-12(26)20-15-11-25(10-14(15)13-3-4-13)17-9-16(21-18(19)22-17)24-7-5-23(2)6-8-24/h9,13-15H,3-8,10-11H2,1-2H3,(H,20,26)(H2,19,21,22)/t14-,15+/m0/s1. The molecule has 3 aliphatic rings. The number of carbonyl (C=O) groups is 1. The van der Waals surface area contributed by atoms with Gasteiger partial charge in [-0.15, -0.1) is 0 Å². The molecule has 2 saturated heterocycles. The summed E-state index contributed by atoms with van der Waals surface area (Å²) >= 11 is 0. The van der Waals surface area contributed by atoms with Crippen molar-refractivity contribution in [3.63, 3.8) is 0 Å². The van der Waals surface area contributed by atoms with E-state index in [2.05, 4.69) is 43.1 Å². The number of hydrogen-bond acceptors (Lipinski definition) is 7. The number of nitrogens with zero attached hydrogens (tertiary/aromatic N) is 5. The molecule has 142 valence electrons. The zero-order chi connectivity index (χ0) is 18.3. The maximum atomic E-state index is 11.6. The molecule has 8 heteroatoms. The highest BCUT2D eigenvalue weighted by molar-refractivity contribution is 5.73. The fourth-order valence-electron chi connectivity index (χ4n) is 4.23. The van der Waals surface area contributed by atoms with Crippen molar-refractivity contribution in [1.82, 2.24) is 20.2 Å². The lowest BCUT2D eigenvalue weighted by atomic mass is 9.98. The third-order valence-electron chi connectivity index (χ3n) is 5.85. The zero-order valence-electron chi connectivity index (χ0n) is 15.7. The molecule has 1 aromatic rings. The van der Waals surface area contributed by atoms with Gasteiger partial charge in [-0.1, -0.05) is 0 Å². The smallest absolute Gasteiger partial charge is 0.223 e. The Balaban J connectivity index is 1.52. The number of nitrogens with one attached hydrogen (secondary N) is 1. The summed E-state index contributed by atoms with van der Waals surface area (Å²) in [5.41, 5.74) is 6.03. The summed E-state index contributed by atoms with van der Waals surface area (Å²) in [6.45, 7) is 7.26. The number of nitrogens with two attached hydrogens (primary N) is 1. The molecule has 26 heavy (non-hydrogen) atoms. The van der Waals surface area contributed by atoms with Crippen LogP contribution in [0.25, 0.3) is 0 Å². The first-order valence-corrected chi connectivity index (χ1v) is 9.59. The van der Waals surface area contributed by atoms with Crippen molar-refractivity contribution in [3.05, 3.63) is 6.07 Å². The number of anilines is 3. The number of aromatic nitrogens is 2. The molecule has 1 aliphatic carbocycles. The minimum absolute atomic E-state index is 0.0443. The van der Waals surface area contributed by atoms with Gasteiger partial charge in [-0.05, 0) is 25.8 Å². The number of piperazine rings is 1. The molecule has 0 unspecified atom stereocenters. The maximum absolute atomic E-state index is 11.6. The van der Waals surface area contributed by atoms with E-state index in [1.54, 1.807) is 6.92 Å². The summed E-state index contributed by atoms with van der Waals surface area (Å²) in [5, 5.41) is 3.14. The van der Waals surface area contributed by atoms with E-state index in [1.807, 2.05) is 0 Å². The van der Waals surface area contributed by atoms with E-state index in [0.29, 0.717) is 11.9 Å². The third-order valence-corrected chi connectivity index (χ3v) is 5.85. The van der Waals surface area contributed by atoms with Crippen LogP contribution in [0.1, 0.15) is 19.8 Å². The second-order valence-electron chi connectivity index (χ2n) is 7.95. The van der Waals surface area contributed by atoms with Crippen LogP contribution in [0.2, 0.25) is 0 Å². The van der Waals surface area contributed by atoms with Crippen LogP contribution in [0.4, 0.5) is 17.6 Å². The van der Waals surface area contributed by atoms with E-state index < -0.39 is 0 Å². The van der Waals surface area contributed by atoms with E-state index in [1.165, 1.54) is 12.8 Å². The van der Waals surface area contributed by atoms with E-state index in [0.717, 1.165) is 56.8 Å². The number of amides is 1. The average molecular weight is 359 g/mol. The summed E-state index contributed by atoms with van der Waals surface area (Å²) in [6, 6.07) is 2.25. The summed E-state index contributed by atoms with van der Waals surface area (Å²) in [7, 11) is 2.14. The molecule has 0 aromatic carbocycles. The maximum Gasteiger partial charge on any atom is 0.223 e. The topological polar surface area (TPSA) is 90.6 Å². The Morgan fingerprint density at radius 2 is 1.77 bits per heavy atom. The van der Waals surface area contributed by atoms with Gasteiger partial charge in [0.1, 0.15) is 11.6 Å². The highest BCUT2D eigenvalue weighted by atomic mass is 16.1. The Hall–Kier alpha value is -2.09. The highest BCUT2D eigenvalue weighted by Gasteiger charge is 2.43. The van der Waals surface area contributed by atoms with Crippen LogP contribution in [0.3, 0.4) is 0 Å². The highest BCUT2D eigenvalue weighted by Crippen LogP contribution is 2.42. The van der Waals surface area contributed by atoms with E-state index in [-0.39, 0.29) is 11.9 Å². The number of carbonyl (C=O) groups excluding carboxylic acids is 1. The molecule has 4 rings (SSSR count). The van der Waals surface area contributed by atoms with Gasteiger partial charge in [-0.3, -0.25) is 4.79 Å². The van der Waals surface area contributed by atoms with Gasteiger partial charge in [0.05, 0.1) is 6.04 Å². The molecular formula is C18H29N7O. The van der Waals surface area contributed by atoms with Crippen LogP contribution in [-0.2, 0) is 4.79 Å². The quantitative estimate of drug-likeness (QED) is 0.791. The van der Waals surface area contributed by atoms with Crippen molar-refractivity contribution in [3.8, 4) is 0 Å². The molecule has 3 heterocycles. The molecule has 3 N–H and O–H groups in total. The molecule has 8 nitrogen and oxygen atoms in total. The van der Waals surface area contributed by atoms with Gasteiger partial charge >= 0.3 is 0 Å². The first-order valence-electron chi connectivity index (χ1n) is 9.59. The third kappa shape index (κ3) is 3.70. The fourth-order valence-corrected chi connectivity index (χ4v) is 4.23. The Bertz CT molecular complexity index is 670. The lowest BCUT2D eigenvalue weighted by Crippen LogP contribution is -2.45. The van der Waals surface area contributed by atoms with E-state index >= 15 is 0 Å².